The number of morpholine rings is 1. The van der Waals surface area contributed by atoms with Crippen LogP contribution in [0.2, 0.25) is 5.02 Å². The zero-order valence-corrected chi connectivity index (χ0v) is 13.6. The lowest BCUT2D eigenvalue weighted by Crippen LogP contribution is -2.49. The van der Waals surface area contributed by atoms with E-state index in [2.05, 4.69) is 15.9 Å². The van der Waals surface area contributed by atoms with Crippen LogP contribution in [0.1, 0.15) is 6.92 Å². The van der Waals surface area contributed by atoms with Crippen LogP contribution in [0.15, 0.2) is 29.2 Å². The van der Waals surface area contributed by atoms with Gasteiger partial charge in [-0.2, -0.15) is 4.31 Å². The van der Waals surface area contributed by atoms with Crippen molar-refractivity contribution in [2.45, 2.75) is 24.0 Å². The molecule has 1 saturated heterocycles. The fraction of sp³-hybridized carbons (Fsp3) is 0.500. The minimum absolute atomic E-state index is 0.120. The normalized spacial score (nSPS) is 25.4. The molecule has 1 aromatic carbocycles. The smallest absolute Gasteiger partial charge is 0.243 e. The number of hydrogen-bond acceptors (Lipinski definition) is 3. The van der Waals surface area contributed by atoms with Crippen LogP contribution in [0.4, 0.5) is 0 Å². The summed E-state index contributed by atoms with van der Waals surface area (Å²) in [7, 11) is -3.51. The summed E-state index contributed by atoms with van der Waals surface area (Å²) in [6, 6.07) is 6.33. The van der Waals surface area contributed by atoms with Crippen molar-refractivity contribution in [3.05, 3.63) is 29.3 Å². The van der Waals surface area contributed by atoms with Gasteiger partial charge in [0.15, 0.2) is 0 Å². The van der Waals surface area contributed by atoms with Gasteiger partial charge < -0.3 is 4.74 Å². The third-order valence-corrected chi connectivity index (χ3v) is 5.68. The predicted octanol–water partition coefficient (Wildman–Crippen LogP) is 2.51. The first kappa shape index (κ1) is 15.3. The molecule has 0 aromatic heterocycles. The van der Waals surface area contributed by atoms with E-state index in [-0.39, 0.29) is 17.1 Å². The molecule has 1 aliphatic rings. The number of halogens is 2. The van der Waals surface area contributed by atoms with Crippen molar-refractivity contribution in [2.24, 2.45) is 0 Å². The van der Waals surface area contributed by atoms with E-state index in [9.17, 15) is 8.42 Å². The first-order valence-electron chi connectivity index (χ1n) is 5.90. The summed E-state index contributed by atoms with van der Waals surface area (Å²) < 4.78 is 32.2. The van der Waals surface area contributed by atoms with Gasteiger partial charge in [0, 0.05) is 23.4 Å². The number of alkyl halides is 1. The van der Waals surface area contributed by atoms with Gasteiger partial charge in [-0.25, -0.2) is 8.42 Å². The standard InChI is InChI=1S/C12H15BrClNO3S/c1-9-7-15(8-11(6-13)18-9)19(16,17)12-4-2-3-10(14)5-12/h2-5,9,11H,6-8H2,1H3. The summed E-state index contributed by atoms with van der Waals surface area (Å²) >= 11 is 9.19. The molecule has 0 bridgehead atoms. The third-order valence-electron chi connectivity index (χ3n) is 2.90. The average Bonchev–Trinajstić information content (AvgIpc) is 2.38. The van der Waals surface area contributed by atoms with E-state index < -0.39 is 10.0 Å². The highest BCUT2D eigenvalue weighted by molar-refractivity contribution is 9.09. The maximum absolute atomic E-state index is 12.5. The Morgan fingerprint density at radius 2 is 2.21 bits per heavy atom. The van der Waals surface area contributed by atoms with Crippen molar-refractivity contribution in [2.75, 3.05) is 18.4 Å². The highest BCUT2D eigenvalue weighted by atomic mass is 79.9. The van der Waals surface area contributed by atoms with Gasteiger partial charge in [-0.15, -0.1) is 0 Å². The van der Waals surface area contributed by atoms with Crippen molar-refractivity contribution in [1.29, 1.82) is 0 Å². The SMILES string of the molecule is CC1CN(S(=O)(=O)c2cccc(Cl)c2)CC(CBr)O1. The Bertz CT molecular complexity index is 552. The van der Waals surface area contributed by atoms with Crippen LogP contribution in [-0.4, -0.2) is 43.4 Å². The van der Waals surface area contributed by atoms with Gasteiger partial charge in [0.2, 0.25) is 10.0 Å². The number of ether oxygens (including phenoxy) is 1. The van der Waals surface area contributed by atoms with Crippen LogP contribution < -0.4 is 0 Å². The Hall–Kier alpha value is -0.140. The molecule has 19 heavy (non-hydrogen) atoms. The molecule has 7 heteroatoms. The maximum Gasteiger partial charge on any atom is 0.243 e. The molecule has 1 fully saturated rings. The molecule has 1 heterocycles. The summed E-state index contributed by atoms with van der Waals surface area (Å²) in [5.74, 6) is 0. The summed E-state index contributed by atoms with van der Waals surface area (Å²) in [5, 5.41) is 1.03. The topological polar surface area (TPSA) is 46.6 Å². The van der Waals surface area contributed by atoms with E-state index in [1.165, 1.54) is 10.4 Å². The van der Waals surface area contributed by atoms with E-state index >= 15 is 0 Å². The number of sulfonamides is 1. The van der Waals surface area contributed by atoms with Gasteiger partial charge in [-0.05, 0) is 25.1 Å². The minimum Gasteiger partial charge on any atom is -0.372 e. The molecule has 0 N–H and O–H groups in total. The molecule has 2 atom stereocenters. The molecular weight excluding hydrogens is 354 g/mol. The van der Waals surface area contributed by atoms with Crippen molar-refractivity contribution >= 4 is 37.6 Å². The molecule has 0 radical (unpaired) electrons. The van der Waals surface area contributed by atoms with Gasteiger partial charge in [-0.1, -0.05) is 33.6 Å². The van der Waals surface area contributed by atoms with E-state index in [0.717, 1.165) is 0 Å². The van der Waals surface area contributed by atoms with E-state index in [1.54, 1.807) is 18.2 Å². The molecular formula is C12H15BrClNO3S. The molecule has 1 aromatic rings. The quantitative estimate of drug-likeness (QED) is 0.770. The Morgan fingerprint density at radius 1 is 1.47 bits per heavy atom. The van der Waals surface area contributed by atoms with E-state index in [0.29, 0.717) is 23.4 Å². The molecule has 0 amide bonds. The van der Waals surface area contributed by atoms with Crippen LogP contribution in [0.25, 0.3) is 0 Å². The van der Waals surface area contributed by atoms with Crippen LogP contribution >= 0.6 is 27.5 Å². The first-order chi connectivity index (χ1) is 8.93. The van der Waals surface area contributed by atoms with Crippen molar-refractivity contribution < 1.29 is 13.2 Å². The fourth-order valence-electron chi connectivity index (χ4n) is 2.06. The van der Waals surface area contributed by atoms with Gasteiger partial charge in [-0.3, -0.25) is 0 Å². The van der Waals surface area contributed by atoms with Crippen molar-refractivity contribution in [3.8, 4) is 0 Å². The van der Waals surface area contributed by atoms with Gasteiger partial charge >= 0.3 is 0 Å². The summed E-state index contributed by atoms with van der Waals surface area (Å²) in [6.45, 7) is 2.58. The third kappa shape index (κ3) is 3.49. The molecule has 1 aliphatic heterocycles. The highest BCUT2D eigenvalue weighted by Gasteiger charge is 2.33. The van der Waals surface area contributed by atoms with Crippen molar-refractivity contribution in [1.82, 2.24) is 4.31 Å². The summed E-state index contributed by atoms with van der Waals surface area (Å²) in [4.78, 5) is 0.224. The Kier molecular flexibility index (Phi) is 4.89. The Balaban J connectivity index is 2.29. The maximum atomic E-state index is 12.5. The molecule has 0 saturated carbocycles. The molecule has 2 rings (SSSR count). The molecule has 2 unspecified atom stereocenters. The number of hydrogen-bond donors (Lipinski definition) is 0. The Morgan fingerprint density at radius 3 is 2.84 bits per heavy atom. The predicted molar refractivity (Wildman–Crippen MR) is 78.3 cm³/mol. The molecule has 4 nitrogen and oxygen atoms in total. The second-order valence-electron chi connectivity index (χ2n) is 4.50. The van der Waals surface area contributed by atoms with Crippen LogP contribution in [0.5, 0.6) is 0 Å². The van der Waals surface area contributed by atoms with Crippen LogP contribution in [0.3, 0.4) is 0 Å². The van der Waals surface area contributed by atoms with Gasteiger partial charge in [0.05, 0.1) is 17.1 Å². The van der Waals surface area contributed by atoms with Crippen LogP contribution in [-0.2, 0) is 14.8 Å². The lowest BCUT2D eigenvalue weighted by Gasteiger charge is -2.35. The van der Waals surface area contributed by atoms with Crippen molar-refractivity contribution in [3.63, 3.8) is 0 Å². The van der Waals surface area contributed by atoms with E-state index in [1.807, 2.05) is 6.92 Å². The van der Waals surface area contributed by atoms with E-state index in [4.69, 9.17) is 16.3 Å². The number of rotatable bonds is 3. The average molecular weight is 369 g/mol. The van der Waals surface area contributed by atoms with Crippen LogP contribution in [0, 0.1) is 0 Å². The molecule has 0 aliphatic carbocycles. The molecule has 106 valence electrons. The highest BCUT2D eigenvalue weighted by Crippen LogP contribution is 2.23. The second-order valence-corrected chi connectivity index (χ2v) is 7.52. The zero-order valence-electron chi connectivity index (χ0n) is 10.4. The number of nitrogens with zero attached hydrogens (tertiary/aromatic N) is 1. The molecule has 0 spiro atoms. The fourth-order valence-corrected chi connectivity index (χ4v) is 4.27. The van der Waals surface area contributed by atoms with Gasteiger partial charge in [0.25, 0.3) is 0 Å². The lowest BCUT2D eigenvalue weighted by atomic mass is 10.3. The lowest BCUT2D eigenvalue weighted by molar-refractivity contribution is -0.0411. The summed E-state index contributed by atoms with van der Waals surface area (Å²) in [6.07, 6.45) is -0.247. The summed E-state index contributed by atoms with van der Waals surface area (Å²) in [5.41, 5.74) is 0. The monoisotopic (exact) mass is 367 g/mol. The Labute approximate surface area is 126 Å². The second kappa shape index (κ2) is 6.10. The largest absolute Gasteiger partial charge is 0.372 e. The minimum atomic E-state index is -3.51. The first-order valence-corrected chi connectivity index (χ1v) is 8.84. The van der Waals surface area contributed by atoms with Gasteiger partial charge in [0.1, 0.15) is 0 Å². The number of benzene rings is 1. The zero-order chi connectivity index (χ0) is 14.0.